The van der Waals surface area contributed by atoms with Crippen LogP contribution in [0.2, 0.25) is 0 Å². The zero-order valence-electron chi connectivity index (χ0n) is 35.6. The number of nitrogens with zero attached hydrogens (tertiary/aromatic N) is 2. The molecule has 0 radical (unpaired) electrons. The van der Waals surface area contributed by atoms with Crippen LogP contribution in [0.3, 0.4) is 0 Å². The Morgan fingerprint density at radius 3 is 1.78 bits per heavy atom. The molecule has 1 aromatic heterocycles. The fourth-order valence-electron chi connectivity index (χ4n) is 7.38. The van der Waals surface area contributed by atoms with Gasteiger partial charge in [-0.25, -0.2) is 14.2 Å². The van der Waals surface area contributed by atoms with Gasteiger partial charge in [0.15, 0.2) is 0 Å². The monoisotopic (exact) mass is 1020 g/mol. The molecule has 67 heavy (non-hydrogen) atoms. The zero-order valence-corrected chi connectivity index (χ0v) is 38.9. The third-order valence-corrected chi connectivity index (χ3v) is 13.7. The van der Waals surface area contributed by atoms with Crippen molar-refractivity contribution < 1.29 is 86.0 Å². The summed E-state index contributed by atoms with van der Waals surface area (Å²) < 4.78 is 137. The first-order valence-electron chi connectivity index (χ1n) is 20.6. The second kappa shape index (κ2) is 22.1. The summed E-state index contributed by atoms with van der Waals surface area (Å²) in [7, 11) is -17.1. The van der Waals surface area contributed by atoms with E-state index < -0.39 is 93.2 Å². The first-order chi connectivity index (χ1) is 31.3. The largest absolute Gasteiger partial charge is 0.492 e. The Balaban J connectivity index is 1.70. The molecule has 2 aliphatic rings. The van der Waals surface area contributed by atoms with Gasteiger partial charge in [-0.15, -0.1) is 4.73 Å². The van der Waals surface area contributed by atoms with Gasteiger partial charge in [0.25, 0.3) is 40.5 Å². The number of benzene rings is 3. The molecule has 1 aliphatic carbocycles. The summed E-state index contributed by atoms with van der Waals surface area (Å²) in [6.07, 6.45) is 1.22. The maximum absolute atomic E-state index is 13.2. The van der Waals surface area contributed by atoms with E-state index in [2.05, 4.69) is 5.32 Å². The molecule has 0 amide bonds. The van der Waals surface area contributed by atoms with Crippen molar-refractivity contribution in [2.24, 2.45) is 0 Å². The summed E-state index contributed by atoms with van der Waals surface area (Å²) >= 11 is 0. The fraction of sp³-hybridized carbons (Fsp3) is 0.390. The molecule has 3 aromatic rings. The lowest BCUT2D eigenvalue weighted by Gasteiger charge is -2.21. The summed E-state index contributed by atoms with van der Waals surface area (Å²) in [5.74, 6) is -5.73. The van der Waals surface area contributed by atoms with E-state index in [9.17, 15) is 72.2 Å². The highest BCUT2D eigenvalue weighted by Gasteiger charge is 2.26. The van der Waals surface area contributed by atoms with E-state index in [0.29, 0.717) is 38.6 Å². The van der Waals surface area contributed by atoms with E-state index in [4.69, 9.17) is 13.8 Å². The number of fused-ring (bicyclic) bond motifs is 2. The first-order valence-corrected chi connectivity index (χ1v) is 27.0. The lowest BCUT2D eigenvalue weighted by atomic mass is 9.89. The van der Waals surface area contributed by atoms with Gasteiger partial charge in [0.1, 0.15) is 24.4 Å². The van der Waals surface area contributed by atoms with Gasteiger partial charge in [-0.1, -0.05) is 18.2 Å². The van der Waals surface area contributed by atoms with Crippen LogP contribution in [0.25, 0.3) is 33.4 Å². The van der Waals surface area contributed by atoms with Crippen LogP contribution in [0.15, 0.2) is 71.1 Å². The lowest BCUT2D eigenvalue weighted by molar-refractivity contribution is 0.0381. The van der Waals surface area contributed by atoms with Crippen molar-refractivity contribution >= 4 is 63.4 Å². The number of carboxylic acids is 1. The second-order valence-corrected chi connectivity index (χ2v) is 21.9. The Labute approximate surface area is 385 Å². The van der Waals surface area contributed by atoms with E-state index in [1.54, 1.807) is 36.4 Å². The van der Waals surface area contributed by atoms with E-state index >= 15 is 0 Å². The molecule has 2 heterocycles. The summed E-state index contributed by atoms with van der Waals surface area (Å²) in [5.41, 5.74) is 0.819. The van der Waals surface area contributed by atoms with E-state index in [-0.39, 0.29) is 92.6 Å². The molecule has 0 bridgehead atoms. The number of carbonyl (C=O) groups is 2. The molecule has 1 atom stereocenters. The Bertz CT molecular complexity index is 3050. The highest BCUT2D eigenvalue weighted by molar-refractivity contribution is 7.86. The lowest BCUT2D eigenvalue weighted by Crippen LogP contribution is -2.32. The molecular formula is C41H50N3O19S4+. The van der Waals surface area contributed by atoms with Crippen LogP contribution in [0, 0.1) is 0 Å². The zero-order chi connectivity index (χ0) is 49.3. The molecular weight excluding hydrogens is 967 g/mol. The van der Waals surface area contributed by atoms with Crippen molar-refractivity contribution in [2.75, 3.05) is 42.6 Å². The Morgan fingerprint density at radius 2 is 1.21 bits per heavy atom. The van der Waals surface area contributed by atoms with E-state index in [0.717, 1.165) is 18.2 Å². The Kier molecular flexibility index (Phi) is 17.3. The van der Waals surface area contributed by atoms with Crippen molar-refractivity contribution in [3.63, 3.8) is 0 Å². The molecule has 0 saturated carbocycles. The van der Waals surface area contributed by atoms with Crippen LogP contribution in [-0.4, -0.2) is 127 Å². The number of aromatic hydroxyl groups is 2. The number of nitrogens with one attached hydrogen (secondary N) is 1. The van der Waals surface area contributed by atoms with Crippen molar-refractivity contribution in [2.45, 2.75) is 57.4 Å². The second-order valence-electron chi connectivity index (χ2n) is 15.6. The average molecular weight is 1020 g/mol. The molecule has 26 heteroatoms. The van der Waals surface area contributed by atoms with E-state index in [1.807, 2.05) is 4.58 Å². The fourth-order valence-corrected chi connectivity index (χ4v) is 9.62. The molecule has 2 aromatic carbocycles. The number of carbonyl (C=O) groups excluding carboxylic acids is 1. The quantitative estimate of drug-likeness (QED) is 0.0180. The minimum Gasteiger partial charge on any atom is -0.492 e. The number of carboxylic acid groups (broad SMARTS) is 1. The summed E-state index contributed by atoms with van der Waals surface area (Å²) in [5, 5.41) is 34.7. The molecule has 1 unspecified atom stereocenters. The maximum atomic E-state index is 13.2. The van der Waals surface area contributed by atoms with E-state index in [1.165, 1.54) is 12.1 Å². The first kappa shape index (κ1) is 52.5. The summed E-state index contributed by atoms with van der Waals surface area (Å²) in [6, 6.07) is 15.0. The number of aromatic carboxylic acids is 1. The van der Waals surface area contributed by atoms with Gasteiger partial charge in [0.2, 0.25) is 17.1 Å². The predicted octanol–water partition coefficient (Wildman–Crippen LogP) is 3.46. The minimum atomic E-state index is -4.34. The highest BCUT2D eigenvalue weighted by atomic mass is 32.2. The minimum absolute atomic E-state index is 0.00629. The highest BCUT2D eigenvalue weighted by Crippen LogP contribution is 2.42. The topological polar surface area (TPSA) is 355 Å². The number of unbranched alkanes of at least 4 members (excludes halogenated alkanes) is 3. The molecule has 0 spiro atoms. The van der Waals surface area contributed by atoms with Crippen LogP contribution >= 0.6 is 0 Å². The predicted molar refractivity (Wildman–Crippen MR) is 242 cm³/mol. The van der Waals surface area contributed by atoms with Gasteiger partial charge in [-0.3, -0.25) is 18.2 Å². The van der Waals surface area contributed by atoms with Crippen LogP contribution < -0.4 is 20.1 Å². The number of aromatic nitrogens is 1. The van der Waals surface area contributed by atoms with Crippen LogP contribution in [-0.2, 0) is 40.5 Å². The molecule has 22 nitrogen and oxygen atoms in total. The van der Waals surface area contributed by atoms with Crippen molar-refractivity contribution in [3.8, 4) is 34.2 Å². The van der Waals surface area contributed by atoms with Gasteiger partial charge in [-0.2, -0.15) is 33.7 Å². The van der Waals surface area contributed by atoms with Crippen molar-refractivity contribution in [3.05, 3.63) is 88.8 Å². The molecule has 5 rings (SSSR count). The standard InChI is InChI=1S/C41H49N3O19S4/c45-37-15-16-38(46)44(37)63-41(49)28-10-12-30(33(24-28)40(47)48)39-31-13-9-27(34(8-7-23-67(59,60)61)42-17-1-4-20-64(50,51)52)25-35(31)62-36-26-29(11-14-32(36)39)43(18-2-5-21-65(53,54)55)19-3-6-22-66(56,57)58/h9-16,24-26,34,42H,1-8,17-23H2,(H6,47,48,49,50,51,52,53,54,55,56,57,58,59,60,61)/p+1. The van der Waals surface area contributed by atoms with Crippen molar-refractivity contribution in [1.82, 2.24) is 14.6 Å². The third kappa shape index (κ3) is 15.8. The molecule has 0 saturated heterocycles. The van der Waals surface area contributed by atoms with Crippen LogP contribution in [0.1, 0.15) is 83.7 Å². The number of rotatable bonds is 25. The van der Waals surface area contributed by atoms with Gasteiger partial charge < -0.3 is 29.9 Å². The van der Waals surface area contributed by atoms with Gasteiger partial charge in [-0.05, 0) is 80.5 Å². The SMILES string of the molecule is O=C(On1c(O)ccc1O)c1ccc(-c2c3ccc(=[N+](CCCCS(=O)(=O)O)CCCCS(=O)(=O)O)cc-3oc3cc(C(CCCS(=O)(=O)O)NCCCCS(=O)(=O)O)ccc23)c(C(=O)O)c1. The van der Waals surface area contributed by atoms with Gasteiger partial charge in [0.05, 0.1) is 40.2 Å². The summed E-state index contributed by atoms with van der Waals surface area (Å²) in [6.45, 7) is 0.661. The summed E-state index contributed by atoms with van der Waals surface area (Å²) in [4.78, 5) is 31.3. The molecule has 1 aliphatic heterocycles. The molecule has 366 valence electrons. The van der Waals surface area contributed by atoms with Crippen LogP contribution in [0.5, 0.6) is 11.8 Å². The number of hydrogen-bond donors (Lipinski definition) is 8. The number of hydrogen-bond acceptors (Lipinski definition) is 15. The normalized spacial score (nSPS) is 13.0. The van der Waals surface area contributed by atoms with Gasteiger partial charge in [0, 0.05) is 53.6 Å². The van der Waals surface area contributed by atoms with Crippen molar-refractivity contribution in [1.29, 1.82) is 0 Å². The van der Waals surface area contributed by atoms with Gasteiger partial charge >= 0.3 is 11.9 Å². The average Bonchev–Trinajstić information content (AvgIpc) is 3.54. The third-order valence-electron chi connectivity index (χ3n) is 10.5. The molecule has 0 fully saturated rings. The maximum Gasteiger partial charge on any atom is 0.363 e. The smallest absolute Gasteiger partial charge is 0.363 e. The Hall–Kier alpha value is -5.45. The van der Waals surface area contributed by atoms with Crippen LogP contribution in [0.4, 0.5) is 0 Å². The molecule has 8 N–H and O–H groups in total. The Morgan fingerprint density at radius 1 is 0.657 bits per heavy atom.